The molecule has 0 aliphatic carbocycles. The molecule has 10 heteroatoms. The van der Waals surface area contributed by atoms with Gasteiger partial charge in [0.25, 0.3) is 17.5 Å². The van der Waals surface area contributed by atoms with Gasteiger partial charge in [0.2, 0.25) is 0 Å². The Labute approximate surface area is 212 Å². The van der Waals surface area contributed by atoms with Crippen LogP contribution in [0.1, 0.15) is 26.3 Å². The number of piperazine rings is 1. The van der Waals surface area contributed by atoms with E-state index in [0.717, 1.165) is 11.6 Å². The summed E-state index contributed by atoms with van der Waals surface area (Å²) in [6, 6.07) is 16.5. The van der Waals surface area contributed by atoms with Gasteiger partial charge < -0.3 is 15.1 Å². The van der Waals surface area contributed by atoms with Crippen molar-refractivity contribution in [3.05, 3.63) is 97.5 Å². The summed E-state index contributed by atoms with van der Waals surface area (Å²) in [7, 11) is 0. The molecule has 1 aliphatic heterocycles. The number of nitro groups is 1. The maximum Gasteiger partial charge on any atom is 0.288 e. The Balaban J connectivity index is 1.50. The molecule has 0 aromatic heterocycles. The van der Waals surface area contributed by atoms with Crippen molar-refractivity contribution in [1.82, 2.24) is 4.90 Å². The normalized spacial score (nSPS) is 13.5. The molecule has 0 saturated carbocycles. The van der Waals surface area contributed by atoms with E-state index in [1.54, 1.807) is 23.1 Å². The summed E-state index contributed by atoms with van der Waals surface area (Å²) in [5, 5.41) is 14.4. The molecule has 3 aromatic carbocycles. The molecule has 0 bridgehead atoms. The smallest absolute Gasteiger partial charge is 0.288 e. The molecule has 0 atom stereocenters. The number of nitrogens with zero attached hydrogens (tertiary/aromatic N) is 3. The van der Waals surface area contributed by atoms with Crippen molar-refractivity contribution in [2.24, 2.45) is 0 Å². The third-order valence-electron chi connectivity index (χ3n) is 5.82. The van der Waals surface area contributed by atoms with Crippen molar-refractivity contribution in [3.63, 3.8) is 0 Å². The van der Waals surface area contributed by atoms with E-state index in [-0.39, 0.29) is 22.2 Å². The van der Waals surface area contributed by atoms with Crippen molar-refractivity contribution in [2.75, 3.05) is 36.4 Å². The van der Waals surface area contributed by atoms with E-state index in [1.807, 2.05) is 36.1 Å². The molecule has 0 radical (unpaired) electrons. The topological polar surface area (TPSA) is 95.8 Å². The fourth-order valence-electron chi connectivity index (χ4n) is 3.94. The summed E-state index contributed by atoms with van der Waals surface area (Å²) in [5.41, 5.74) is 2.59. The highest BCUT2D eigenvalue weighted by Crippen LogP contribution is 2.35. The minimum Gasteiger partial charge on any atom is -0.365 e. The third kappa shape index (κ3) is 5.39. The Morgan fingerprint density at radius 3 is 2.23 bits per heavy atom. The lowest BCUT2D eigenvalue weighted by Crippen LogP contribution is -2.49. The van der Waals surface area contributed by atoms with Crippen LogP contribution in [0.25, 0.3) is 0 Å². The minimum atomic E-state index is -0.638. The van der Waals surface area contributed by atoms with E-state index < -0.39 is 10.8 Å². The maximum absolute atomic E-state index is 12.9. The van der Waals surface area contributed by atoms with Crippen LogP contribution >= 0.6 is 23.2 Å². The lowest BCUT2D eigenvalue weighted by Gasteiger charge is -2.37. The van der Waals surface area contributed by atoms with Crippen LogP contribution in [0.2, 0.25) is 10.0 Å². The lowest BCUT2D eigenvalue weighted by atomic mass is 10.1. The number of aryl methyl sites for hydroxylation is 1. The largest absolute Gasteiger partial charge is 0.365 e. The molecule has 2 amide bonds. The molecule has 1 N–H and O–H groups in total. The standard InChI is InChI=1S/C25H22Cl2N4O4/c1-16-5-7-17(8-6-16)25(33)30-13-11-29(12-14-30)23-20(27)3-2-4-21(23)28-24(32)18-9-10-19(26)22(15-18)31(34)35/h2-10,15H,11-14H2,1H3,(H,28,32). The molecule has 0 unspecified atom stereocenters. The molecule has 3 aromatic rings. The molecule has 1 saturated heterocycles. The van der Waals surface area contributed by atoms with E-state index >= 15 is 0 Å². The molecule has 1 heterocycles. The fraction of sp³-hybridized carbons (Fsp3) is 0.200. The number of nitro benzene ring substituents is 1. The van der Waals surface area contributed by atoms with Crippen molar-refractivity contribution in [3.8, 4) is 0 Å². The Hall–Kier alpha value is -3.62. The number of carbonyl (C=O) groups excluding carboxylic acids is 2. The first-order valence-corrected chi connectivity index (χ1v) is 11.6. The van der Waals surface area contributed by atoms with Gasteiger partial charge in [0.15, 0.2) is 0 Å². The Bertz CT molecular complexity index is 1290. The predicted molar refractivity (Wildman–Crippen MR) is 137 cm³/mol. The lowest BCUT2D eigenvalue weighted by molar-refractivity contribution is -0.384. The molecule has 1 aliphatic rings. The molecular formula is C25H22Cl2N4O4. The van der Waals surface area contributed by atoms with Gasteiger partial charge in [-0.3, -0.25) is 19.7 Å². The predicted octanol–water partition coefficient (Wildman–Crippen LogP) is 5.42. The first-order valence-electron chi connectivity index (χ1n) is 10.9. The number of hydrogen-bond acceptors (Lipinski definition) is 5. The summed E-state index contributed by atoms with van der Waals surface area (Å²) in [4.78, 5) is 40.1. The number of hydrogen-bond donors (Lipinski definition) is 1. The number of para-hydroxylation sites is 1. The summed E-state index contributed by atoms with van der Waals surface area (Å²) in [6.45, 7) is 4.01. The average molecular weight is 513 g/mol. The van der Waals surface area contributed by atoms with Gasteiger partial charge in [-0.15, -0.1) is 0 Å². The summed E-state index contributed by atoms with van der Waals surface area (Å²) >= 11 is 12.4. The van der Waals surface area contributed by atoms with Crippen LogP contribution in [0.4, 0.5) is 17.1 Å². The first-order chi connectivity index (χ1) is 16.7. The number of benzene rings is 3. The number of amides is 2. The van der Waals surface area contributed by atoms with Crippen LogP contribution in [-0.4, -0.2) is 47.8 Å². The monoisotopic (exact) mass is 512 g/mol. The fourth-order valence-corrected chi connectivity index (χ4v) is 4.42. The summed E-state index contributed by atoms with van der Waals surface area (Å²) in [5.74, 6) is -0.553. The Kier molecular flexibility index (Phi) is 7.23. The Morgan fingerprint density at radius 1 is 0.914 bits per heavy atom. The zero-order valence-corrected chi connectivity index (χ0v) is 20.3. The van der Waals surface area contributed by atoms with Crippen LogP contribution in [-0.2, 0) is 0 Å². The first kappa shape index (κ1) is 24.5. The van der Waals surface area contributed by atoms with Crippen LogP contribution in [0.5, 0.6) is 0 Å². The van der Waals surface area contributed by atoms with Gasteiger partial charge in [0, 0.05) is 43.4 Å². The van der Waals surface area contributed by atoms with Crippen molar-refractivity contribution in [1.29, 1.82) is 0 Å². The van der Waals surface area contributed by atoms with Crippen molar-refractivity contribution < 1.29 is 14.5 Å². The molecular weight excluding hydrogens is 491 g/mol. The summed E-state index contributed by atoms with van der Waals surface area (Å²) < 4.78 is 0. The number of carbonyl (C=O) groups is 2. The molecule has 8 nitrogen and oxygen atoms in total. The van der Waals surface area contributed by atoms with Crippen LogP contribution in [0.15, 0.2) is 60.7 Å². The highest BCUT2D eigenvalue weighted by atomic mass is 35.5. The quantitative estimate of drug-likeness (QED) is 0.363. The van der Waals surface area contributed by atoms with Gasteiger partial charge in [-0.1, -0.05) is 47.0 Å². The van der Waals surface area contributed by atoms with Crippen molar-refractivity contribution in [2.45, 2.75) is 6.92 Å². The van der Waals surface area contributed by atoms with Crippen LogP contribution in [0, 0.1) is 17.0 Å². The van der Waals surface area contributed by atoms with Gasteiger partial charge >= 0.3 is 0 Å². The van der Waals surface area contributed by atoms with Crippen LogP contribution < -0.4 is 10.2 Å². The van der Waals surface area contributed by atoms with Gasteiger partial charge in [0.05, 0.1) is 21.3 Å². The van der Waals surface area contributed by atoms with Gasteiger partial charge in [-0.05, 0) is 43.3 Å². The second-order valence-electron chi connectivity index (χ2n) is 8.16. The number of nitrogens with one attached hydrogen (secondary N) is 1. The third-order valence-corrected chi connectivity index (χ3v) is 6.45. The Morgan fingerprint density at radius 2 is 1.57 bits per heavy atom. The summed E-state index contributed by atoms with van der Waals surface area (Å²) in [6.07, 6.45) is 0. The molecule has 1 fully saturated rings. The average Bonchev–Trinajstić information content (AvgIpc) is 2.84. The van der Waals surface area contributed by atoms with E-state index in [4.69, 9.17) is 23.2 Å². The van der Waals surface area contributed by atoms with Crippen LogP contribution in [0.3, 0.4) is 0 Å². The van der Waals surface area contributed by atoms with E-state index in [9.17, 15) is 19.7 Å². The van der Waals surface area contributed by atoms with E-state index in [2.05, 4.69) is 5.32 Å². The highest BCUT2D eigenvalue weighted by molar-refractivity contribution is 6.34. The molecule has 35 heavy (non-hydrogen) atoms. The molecule has 0 spiro atoms. The second-order valence-corrected chi connectivity index (χ2v) is 8.97. The molecule has 180 valence electrons. The van der Waals surface area contributed by atoms with Gasteiger partial charge in [0.1, 0.15) is 5.02 Å². The molecule has 4 rings (SSSR count). The zero-order chi connectivity index (χ0) is 25.1. The number of anilines is 2. The number of rotatable bonds is 5. The highest BCUT2D eigenvalue weighted by Gasteiger charge is 2.26. The van der Waals surface area contributed by atoms with E-state index in [0.29, 0.717) is 48.1 Å². The van der Waals surface area contributed by atoms with E-state index in [1.165, 1.54) is 12.1 Å². The van der Waals surface area contributed by atoms with Crippen molar-refractivity contribution >= 4 is 52.1 Å². The SMILES string of the molecule is Cc1ccc(C(=O)N2CCN(c3c(Cl)cccc3NC(=O)c3ccc(Cl)c([N+](=O)[O-])c3)CC2)cc1. The minimum absolute atomic E-state index is 0.0262. The maximum atomic E-state index is 12.9. The zero-order valence-electron chi connectivity index (χ0n) is 18.8. The van der Waals surface area contributed by atoms with Gasteiger partial charge in [-0.25, -0.2) is 0 Å². The van der Waals surface area contributed by atoms with Gasteiger partial charge in [-0.2, -0.15) is 0 Å². The second kappa shape index (κ2) is 10.3. The number of halogens is 2.